The van der Waals surface area contributed by atoms with Gasteiger partial charge in [-0.2, -0.15) is 0 Å². The fraction of sp³-hybridized carbons (Fsp3) is 0.944. The summed E-state index contributed by atoms with van der Waals surface area (Å²) in [5.74, 6) is 1.98. The minimum absolute atomic E-state index is 0.0475. The lowest BCUT2D eigenvalue weighted by molar-refractivity contribution is -0.147. The van der Waals surface area contributed by atoms with E-state index in [1.165, 1.54) is 45.4 Å². The molecule has 0 saturated heterocycles. The fourth-order valence-electron chi connectivity index (χ4n) is 2.88. The zero-order valence-corrected chi connectivity index (χ0v) is 14.6. The van der Waals surface area contributed by atoms with E-state index in [0.29, 0.717) is 5.92 Å². The maximum Gasteiger partial charge on any atom is 0.302 e. The molecule has 120 valence electrons. The van der Waals surface area contributed by atoms with Gasteiger partial charge in [-0.15, -0.1) is 0 Å². The molecule has 0 unspecified atom stereocenters. The molecule has 0 radical (unpaired) electrons. The fourth-order valence-corrected chi connectivity index (χ4v) is 2.88. The Hall–Kier alpha value is -0.530. The van der Waals surface area contributed by atoms with Gasteiger partial charge in [-0.25, -0.2) is 0 Å². The van der Waals surface area contributed by atoms with Crippen molar-refractivity contribution in [2.75, 3.05) is 0 Å². The van der Waals surface area contributed by atoms with Gasteiger partial charge in [0, 0.05) is 6.92 Å². The zero-order chi connectivity index (χ0) is 15.5. The first-order valence-corrected chi connectivity index (χ1v) is 8.54. The van der Waals surface area contributed by atoms with Crippen molar-refractivity contribution in [3.63, 3.8) is 0 Å². The second-order valence-corrected chi connectivity index (χ2v) is 6.81. The summed E-state index contributed by atoms with van der Waals surface area (Å²) in [4.78, 5) is 10.9. The van der Waals surface area contributed by atoms with Crippen molar-refractivity contribution < 1.29 is 9.53 Å². The summed E-state index contributed by atoms with van der Waals surface area (Å²) in [5.41, 5.74) is 0. The van der Waals surface area contributed by atoms with Gasteiger partial charge in [-0.3, -0.25) is 4.79 Å². The molecule has 0 aromatic carbocycles. The number of hydrogen-bond donors (Lipinski definition) is 0. The van der Waals surface area contributed by atoms with Crippen LogP contribution in [0, 0.1) is 17.8 Å². The molecular weight excluding hydrogens is 248 g/mol. The van der Waals surface area contributed by atoms with E-state index in [2.05, 4.69) is 27.7 Å². The highest BCUT2D eigenvalue weighted by molar-refractivity contribution is 5.66. The van der Waals surface area contributed by atoms with Gasteiger partial charge >= 0.3 is 5.97 Å². The summed E-state index contributed by atoms with van der Waals surface area (Å²) >= 11 is 0. The van der Waals surface area contributed by atoms with Gasteiger partial charge in [0.2, 0.25) is 0 Å². The van der Waals surface area contributed by atoms with Crippen molar-refractivity contribution >= 4 is 5.97 Å². The Labute approximate surface area is 126 Å². The minimum atomic E-state index is -0.164. The number of unbranched alkanes of at least 4 members (excludes halogenated alkanes) is 1. The second-order valence-electron chi connectivity index (χ2n) is 6.81. The van der Waals surface area contributed by atoms with Crippen molar-refractivity contribution in [3.05, 3.63) is 0 Å². The van der Waals surface area contributed by atoms with Gasteiger partial charge < -0.3 is 4.74 Å². The normalized spacial score (nSPS) is 17.3. The third-order valence-electron chi connectivity index (χ3n) is 4.36. The number of ether oxygens (including phenoxy) is 1. The van der Waals surface area contributed by atoms with Crippen LogP contribution in [0.25, 0.3) is 0 Å². The molecule has 0 heterocycles. The van der Waals surface area contributed by atoms with Crippen LogP contribution < -0.4 is 0 Å². The van der Waals surface area contributed by atoms with Crippen LogP contribution in [0.4, 0.5) is 0 Å². The number of carbonyl (C=O) groups is 1. The first kappa shape index (κ1) is 19.5. The summed E-state index contributed by atoms with van der Waals surface area (Å²) in [6.45, 7) is 12.7. The molecule has 0 spiro atoms. The van der Waals surface area contributed by atoms with Gasteiger partial charge in [0.15, 0.2) is 0 Å². The molecule has 0 aliphatic rings. The summed E-state index contributed by atoms with van der Waals surface area (Å²) in [6.07, 6.45) is 9.15. The average molecular weight is 284 g/mol. The maximum absolute atomic E-state index is 10.9. The molecule has 0 aliphatic carbocycles. The monoisotopic (exact) mass is 284 g/mol. The predicted octanol–water partition coefficient (Wildman–Crippen LogP) is 5.60. The topological polar surface area (TPSA) is 26.3 Å². The number of hydrogen-bond acceptors (Lipinski definition) is 2. The van der Waals surface area contributed by atoms with Crippen molar-refractivity contribution in [1.29, 1.82) is 0 Å². The maximum atomic E-state index is 10.9. The summed E-state index contributed by atoms with van der Waals surface area (Å²) in [7, 11) is 0. The largest absolute Gasteiger partial charge is 0.463 e. The van der Waals surface area contributed by atoms with E-state index in [1.807, 2.05) is 6.92 Å². The molecule has 0 rings (SSSR count). The van der Waals surface area contributed by atoms with Crippen LogP contribution in [-0.2, 0) is 9.53 Å². The minimum Gasteiger partial charge on any atom is -0.463 e. The molecule has 0 N–H and O–H groups in total. The van der Waals surface area contributed by atoms with Crippen molar-refractivity contribution in [1.82, 2.24) is 0 Å². The first-order valence-electron chi connectivity index (χ1n) is 8.54. The van der Waals surface area contributed by atoms with Crippen LogP contribution in [0.1, 0.15) is 86.5 Å². The molecular formula is C18H36O2. The van der Waals surface area contributed by atoms with Gasteiger partial charge in [-0.1, -0.05) is 59.8 Å². The Bertz CT molecular complexity index is 250. The van der Waals surface area contributed by atoms with E-state index >= 15 is 0 Å². The molecule has 0 aliphatic heterocycles. The van der Waals surface area contributed by atoms with E-state index in [1.54, 1.807) is 0 Å². The Morgan fingerprint density at radius 1 is 0.950 bits per heavy atom. The number of carbonyl (C=O) groups excluding carboxylic acids is 1. The standard InChI is InChI=1S/C18H36O2/c1-7-8-10-14(2)13-15(3)11-9-12-16(4)17(5)20-18(6)19/h14-17H,7-13H2,1-6H3/t14-,15+,16+,17-/m0/s1. The van der Waals surface area contributed by atoms with Gasteiger partial charge in [-0.05, 0) is 37.5 Å². The Balaban J connectivity index is 3.74. The highest BCUT2D eigenvalue weighted by Gasteiger charge is 2.15. The second kappa shape index (κ2) is 11.2. The van der Waals surface area contributed by atoms with Crippen LogP contribution in [-0.4, -0.2) is 12.1 Å². The average Bonchev–Trinajstić information content (AvgIpc) is 2.35. The molecule has 0 fully saturated rings. The molecule has 20 heavy (non-hydrogen) atoms. The van der Waals surface area contributed by atoms with Crippen LogP contribution in [0.5, 0.6) is 0 Å². The Kier molecular flexibility index (Phi) is 10.9. The molecule has 2 heteroatoms. The molecule has 0 aromatic rings. The van der Waals surface area contributed by atoms with Crippen LogP contribution in [0.15, 0.2) is 0 Å². The molecule has 0 bridgehead atoms. The Morgan fingerprint density at radius 3 is 2.00 bits per heavy atom. The lowest BCUT2D eigenvalue weighted by atomic mass is 9.88. The highest BCUT2D eigenvalue weighted by Crippen LogP contribution is 2.23. The number of esters is 1. The molecule has 0 saturated carbocycles. The first-order chi connectivity index (χ1) is 9.36. The molecule has 2 nitrogen and oxygen atoms in total. The van der Waals surface area contributed by atoms with E-state index in [0.717, 1.165) is 18.3 Å². The van der Waals surface area contributed by atoms with Crippen molar-refractivity contribution in [2.24, 2.45) is 17.8 Å². The third kappa shape index (κ3) is 10.3. The quantitative estimate of drug-likeness (QED) is 0.462. The van der Waals surface area contributed by atoms with Gasteiger partial charge in [0.25, 0.3) is 0 Å². The van der Waals surface area contributed by atoms with Crippen LogP contribution >= 0.6 is 0 Å². The number of rotatable bonds is 11. The predicted molar refractivity (Wildman–Crippen MR) is 86.7 cm³/mol. The van der Waals surface area contributed by atoms with E-state index < -0.39 is 0 Å². The van der Waals surface area contributed by atoms with Crippen LogP contribution in [0.3, 0.4) is 0 Å². The Morgan fingerprint density at radius 2 is 1.50 bits per heavy atom. The smallest absolute Gasteiger partial charge is 0.302 e. The molecule has 4 atom stereocenters. The van der Waals surface area contributed by atoms with Crippen molar-refractivity contribution in [3.8, 4) is 0 Å². The van der Waals surface area contributed by atoms with Gasteiger partial charge in [0.1, 0.15) is 6.10 Å². The molecule has 0 amide bonds. The lowest BCUT2D eigenvalue weighted by Gasteiger charge is -2.21. The lowest BCUT2D eigenvalue weighted by Crippen LogP contribution is -2.20. The van der Waals surface area contributed by atoms with Crippen molar-refractivity contribution in [2.45, 2.75) is 92.6 Å². The van der Waals surface area contributed by atoms with E-state index in [9.17, 15) is 4.79 Å². The molecule has 0 aromatic heterocycles. The van der Waals surface area contributed by atoms with E-state index in [-0.39, 0.29) is 12.1 Å². The SMILES string of the molecule is CCCC[C@H](C)C[C@H](C)CCC[C@@H](C)[C@H](C)OC(C)=O. The summed E-state index contributed by atoms with van der Waals surface area (Å²) in [5, 5.41) is 0. The van der Waals surface area contributed by atoms with Gasteiger partial charge in [0.05, 0.1) is 0 Å². The summed E-state index contributed by atoms with van der Waals surface area (Å²) in [6, 6.07) is 0. The highest BCUT2D eigenvalue weighted by atomic mass is 16.5. The third-order valence-corrected chi connectivity index (χ3v) is 4.36. The summed E-state index contributed by atoms with van der Waals surface area (Å²) < 4.78 is 5.24. The van der Waals surface area contributed by atoms with E-state index in [4.69, 9.17) is 4.74 Å². The van der Waals surface area contributed by atoms with Crippen LogP contribution in [0.2, 0.25) is 0 Å². The zero-order valence-electron chi connectivity index (χ0n) is 14.6.